The highest BCUT2D eigenvalue weighted by molar-refractivity contribution is 7.99. The lowest BCUT2D eigenvalue weighted by Gasteiger charge is -2.48. The summed E-state index contributed by atoms with van der Waals surface area (Å²) in [5.74, 6) is 1.39. The van der Waals surface area contributed by atoms with Crippen LogP contribution in [-0.2, 0) is 15.3 Å². The summed E-state index contributed by atoms with van der Waals surface area (Å²) >= 11 is 1.75. The van der Waals surface area contributed by atoms with Gasteiger partial charge in [0.15, 0.2) is 0 Å². The first-order valence-corrected chi connectivity index (χ1v) is 13.2. The standard InChI is InChI=1S/C32H27NO3S/c1-22-30(23-13-5-3-6-14-23)36-32(24-15-7-4-8-16-24)21-29(25-17-9-11-19-27(25)35-2)37-28-20-12-10-18-26(28)33(32)31(22)34/h3-20,29H,21H2,1-2H3. The van der Waals surface area contributed by atoms with Crippen LogP contribution in [0.2, 0.25) is 0 Å². The van der Waals surface area contributed by atoms with Crippen molar-refractivity contribution in [3.63, 3.8) is 0 Å². The van der Waals surface area contributed by atoms with E-state index < -0.39 is 5.72 Å². The highest BCUT2D eigenvalue weighted by Gasteiger charge is 2.53. The minimum absolute atomic E-state index is 0.0364. The zero-order chi connectivity index (χ0) is 25.4. The van der Waals surface area contributed by atoms with Gasteiger partial charge in [-0.05, 0) is 25.1 Å². The van der Waals surface area contributed by atoms with Crippen molar-refractivity contribution in [3.8, 4) is 5.75 Å². The van der Waals surface area contributed by atoms with E-state index in [1.807, 2.05) is 96.8 Å². The second-order valence-corrected chi connectivity index (χ2v) is 10.5. The third-order valence-electron chi connectivity index (χ3n) is 7.08. The van der Waals surface area contributed by atoms with E-state index in [-0.39, 0.29) is 11.2 Å². The van der Waals surface area contributed by atoms with Gasteiger partial charge in [-0.3, -0.25) is 9.69 Å². The molecule has 0 saturated heterocycles. The first kappa shape index (κ1) is 23.4. The minimum Gasteiger partial charge on any atom is -0.496 e. The van der Waals surface area contributed by atoms with Gasteiger partial charge in [0, 0.05) is 33.3 Å². The molecule has 0 spiro atoms. The van der Waals surface area contributed by atoms with Gasteiger partial charge >= 0.3 is 0 Å². The molecule has 4 aromatic carbocycles. The molecular formula is C32H27NO3S. The molecular weight excluding hydrogens is 478 g/mol. The van der Waals surface area contributed by atoms with Crippen molar-refractivity contribution in [2.45, 2.75) is 29.2 Å². The number of rotatable bonds is 4. The molecule has 37 heavy (non-hydrogen) atoms. The molecule has 4 nitrogen and oxygen atoms in total. The second kappa shape index (κ2) is 9.49. The van der Waals surface area contributed by atoms with Crippen molar-refractivity contribution in [1.82, 2.24) is 0 Å². The SMILES string of the molecule is COc1ccccc1C1CC2(c3ccccc3)OC(c3ccccc3)=C(C)C(=O)N2c2ccccc2S1. The lowest BCUT2D eigenvalue weighted by molar-refractivity contribution is -0.122. The molecule has 0 aliphatic carbocycles. The van der Waals surface area contributed by atoms with Crippen molar-refractivity contribution in [2.75, 3.05) is 12.0 Å². The fourth-order valence-electron chi connectivity index (χ4n) is 5.32. The van der Waals surface area contributed by atoms with Gasteiger partial charge in [0.1, 0.15) is 11.5 Å². The number of thioether (sulfide) groups is 1. The van der Waals surface area contributed by atoms with Gasteiger partial charge < -0.3 is 9.47 Å². The number of anilines is 1. The highest BCUT2D eigenvalue weighted by Crippen LogP contribution is 2.57. The summed E-state index contributed by atoms with van der Waals surface area (Å²) in [6.45, 7) is 1.86. The van der Waals surface area contributed by atoms with Crippen molar-refractivity contribution < 1.29 is 14.3 Å². The summed E-state index contributed by atoms with van der Waals surface area (Å²) in [5.41, 5.74) is 3.28. The van der Waals surface area contributed by atoms with E-state index in [4.69, 9.17) is 9.47 Å². The Hall–Kier alpha value is -3.96. The number of hydrogen-bond acceptors (Lipinski definition) is 4. The Bertz CT molecular complexity index is 1480. The molecule has 6 rings (SSSR count). The van der Waals surface area contributed by atoms with Gasteiger partial charge in [-0.15, -0.1) is 11.8 Å². The van der Waals surface area contributed by atoms with E-state index in [2.05, 4.69) is 24.3 Å². The number of carbonyl (C=O) groups is 1. The summed E-state index contributed by atoms with van der Waals surface area (Å²) in [4.78, 5) is 17.3. The Morgan fingerprint density at radius 2 is 1.51 bits per heavy atom. The van der Waals surface area contributed by atoms with Gasteiger partial charge in [0.25, 0.3) is 5.91 Å². The van der Waals surface area contributed by atoms with Crippen molar-refractivity contribution in [3.05, 3.63) is 131 Å². The predicted octanol–water partition coefficient (Wildman–Crippen LogP) is 7.58. The van der Waals surface area contributed by atoms with Gasteiger partial charge in [-0.2, -0.15) is 0 Å². The van der Waals surface area contributed by atoms with E-state index in [9.17, 15) is 4.79 Å². The Balaban J connectivity index is 1.64. The molecule has 0 N–H and O–H groups in total. The van der Waals surface area contributed by atoms with Gasteiger partial charge in [0.2, 0.25) is 5.72 Å². The smallest absolute Gasteiger partial charge is 0.261 e. The normalized spacial score (nSPS) is 21.0. The maximum Gasteiger partial charge on any atom is 0.261 e. The average Bonchev–Trinajstić information content (AvgIpc) is 3.11. The molecule has 2 atom stereocenters. The molecule has 0 aromatic heterocycles. The molecule has 0 fully saturated rings. The topological polar surface area (TPSA) is 38.8 Å². The number of methoxy groups -OCH3 is 1. The monoisotopic (exact) mass is 505 g/mol. The average molecular weight is 506 g/mol. The fraction of sp³-hybridized carbons (Fsp3) is 0.156. The van der Waals surface area contributed by atoms with Crippen LogP contribution in [0.1, 0.15) is 35.3 Å². The van der Waals surface area contributed by atoms with Crippen molar-refractivity contribution in [1.29, 1.82) is 0 Å². The number of para-hydroxylation sites is 2. The van der Waals surface area contributed by atoms with Crippen LogP contribution in [-0.4, -0.2) is 13.0 Å². The molecule has 2 aliphatic rings. The molecule has 184 valence electrons. The number of benzene rings is 4. The molecule has 4 aromatic rings. The van der Waals surface area contributed by atoms with Gasteiger partial charge in [-0.25, -0.2) is 0 Å². The summed E-state index contributed by atoms with van der Waals surface area (Å²) < 4.78 is 12.9. The molecule has 2 unspecified atom stereocenters. The van der Waals surface area contributed by atoms with Crippen LogP contribution in [0, 0.1) is 0 Å². The quantitative estimate of drug-likeness (QED) is 0.287. The third kappa shape index (κ3) is 3.91. The molecule has 1 amide bonds. The number of nitrogens with zero attached hydrogens (tertiary/aromatic N) is 1. The molecule has 2 heterocycles. The fourth-order valence-corrected chi connectivity index (χ4v) is 6.69. The van der Waals surface area contributed by atoms with E-state index in [1.165, 1.54) is 0 Å². The molecule has 0 saturated carbocycles. The summed E-state index contributed by atoms with van der Waals surface area (Å²) in [7, 11) is 1.70. The number of carbonyl (C=O) groups excluding carboxylic acids is 1. The van der Waals surface area contributed by atoms with Crippen molar-refractivity contribution in [2.24, 2.45) is 0 Å². The van der Waals surface area contributed by atoms with Crippen LogP contribution in [0.3, 0.4) is 0 Å². The second-order valence-electron chi connectivity index (χ2n) is 9.23. The van der Waals surface area contributed by atoms with Crippen LogP contribution in [0.5, 0.6) is 5.75 Å². The minimum atomic E-state index is -1.06. The zero-order valence-corrected chi connectivity index (χ0v) is 21.6. The first-order valence-electron chi connectivity index (χ1n) is 12.4. The Labute approximate surface area is 221 Å². The van der Waals surface area contributed by atoms with E-state index in [1.54, 1.807) is 18.9 Å². The lowest BCUT2D eigenvalue weighted by atomic mass is 9.89. The Morgan fingerprint density at radius 3 is 2.27 bits per heavy atom. The summed E-state index contributed by atoms with van der Waals surface area (Å²) in [6.07, 6.45) is 0.534. The summed E-state index contributed by atoms with van der Waals surface area (Å²) in [5, 5.41) is -0.0364. The number of ether oxygens (including phenoxy) is 2. The van der Waals surface area contributed by atoms with Crippen LogP contribution in [0.25, 0.3) is 5.76 Å². The highest BCUT2D eigenvalue weighted by atomic mass is 32.2. The maximum atomic E-state index is 14.4. The van der Waals surface area contributed by atoms with Crippen LogP contribution in [0.4, 0.5) is 5.69 Å². The maximum absolute atomic E-state index is 14.4. The van der Waals surface area contributed by atoms with Crippen LogP contribution < -0.4 is 9.64 Å². The van der Waals surface area contributed by atoms with E-state index >= 15 is 0 Å². The number of fused-ring (bicyclic) bond motifs is 3. The molecule has 2 aliphatic heterocycles. The largest absolute Gasteiger partial charge is 0.496 e. The lowest BCUT2D eigenvalue weighted by Crippen LogP contribution is -2.55. The number of amides is 1. The van der Waals surface area contributed by atoms with Crippen molar-refractivity contribution >= 4 is 29.1 Å². The molecule has 0 radical (unpaired) electrons. The first-order chi connectivity index (χ1) is 18.1. The van der Waals surface area contributed by atoms with E-state index in [0.717, 1.165) is 33.0 Å². The zero-order valence-electron chi connectivity index (χ0n) is 20.8. The predicted molar refractivity (Wildman–Crippen MR) is 148 cm³/mol. The number of hydrogen-bond donors (Lipinski definition) is 0. The third-order valence-corrected chi connectivity index (χ3v) is 8.38. The van der Waals surface area contributed by atoms with Crippen LogP contribution >= 0.6 is 11.8 Å². The Morgan fingerprint density at radius 1 is 0.865 bits per heavy atom. The molecule has 5 heteroatoms. The molecule has 0 bridgehead atoms. The van der Waals surface area contributed by atoms with Gasteiger partial charge in [0.05, 0.1) is 18.4 Å². The summed E-state index contributed by atoms with van der Waals surface area (Å²) in [6, 6.07) is 36.3. The Kier molecular flexibility index (Phi) is 6.01. The van der Waals surface area contributed by atoms with Crippen LogP contribution in [0.15, 0.2) is 120 Å². The van der Waals surface area contributed by atoms with E-state index in [0.29, 0.717) is 17.8 Å². The van der Waals surface area contributed by atoms with Gasteiger partial charge in [-0.1, -0.05) is 91.0 Å².